The number of aryl methyl sites for hydroxylation is 2. The Labute approximate surface area is 268 Å². The second-order valence-electron chi connectivity index (χ2n) is 14.1. The number of fused-ring (bicyclic) bond motifs is 1. The van der Waals surface area contributed by atoms with Gasteiger partial charge in [-0.25, -0.2) is 8.42 Å². The lowest BCUT2D eigenvalue weighted by molar-refractivity contribution is -0.120. The molecule has 4 aliphatic rings. The highest BCUT2D eigenvalue weighted by molar-refractivity contribution is 7.91. The number of sulfone groups is 1. The Morgan fingerprint density at radius 2 is 1.73 bits per heavy atom. The van der Waals surface area contributed by atoms with Crippen molar-refractivity contribution in [3.8, 4) is 0 Å². The highest BCUT2D eigenvalue weighted by Gasteiger charge is 2.53. The van der Waals surface area contributed by atoms with Gasteiger partial charge in [-0.1, -0.05) is 30.7 Å². The number of benzene rings is 2. The zero-order valence-corrected chi connectivity index (χ0v) is 27.5. The number of carbonyl (C=O) groups excluding carboxylic acids is 1. The van der Waals surface area contributed by atoms with Crippen LogP contribution in [0.3, 0.4) is 0 Å². The minimum absolute atomic E-state index is 0.112. The molecule has 240 valence electrons. The standard InChI is InChI=1S/C36H47N5O3S/c1-26(42)38-35-11-5-10-34(35)36(18-6-8-28-7-3-4-9-33(28)36)29-16-19-40(20-17-29)22-27-23-41(24-27)30-12-14-31(15-13-30)45(43,44)32-21-37-39(2)25-32/h3-4,7,9,12-15,21,25,27,29,34-35H,5-6,8,10-11,16-20,22-24H2,1-2H3,(H,38,42)/t34-,35-,36?/m1/s1. The zero-order valence-electron chi connectivity index (χ0n) is 26.7. The van der Waals surface area contributed by atoms with Gasteiger partial charge in [0.1, 0.15) is 4.90 Å². The maximum Gasteiger partial charge on any atom is 0.217 e. The number of rotatable bonds is 8. The first kappa shape index (κ1) is 30.5. The Balaban J connectivity index is 0.980. The fraction of sp³-hybridized carbons (Fsp3) is 0.556. The van der Waals surface area contributed by atoms with Crippen LogP contribution in [0, 0.1) is 17.8 Å². The van der Waals surface area contributed by atoms with Crippen molar-refractivity contribution in [2.45, 2.75) is 79.5 Å². The lowest BCUT2D eigenvalue weighted by Crippen LogP contribution is -2.56. The minimum Gasteiger partial charge on any atom is -0.371 e. The van der Waals surface area contributed by atoms with Crippen LogP contribution in [0.25, 0.3) is 0 Å². The first-order valence-electron chi connectivity index (χ1n) is 16.9. The quantitative estimate of drug-likeness (QED) is 0.378. The van der Waals surface area contributed by atoms with E-state index in [4.69, 9.17) is 0 Å². The molecule has 0 spiro atoms. The summed E-state index contributed by atoms with van der Waals surface area (Å²) in [5, 5.41) is 7.40. The Morgan fingerprint density at radius 3 is 2.44 bits per heavy atom. The van der Waals surface area contributed by atoms with Crippen LogP contribution >= 0.6 is 0 Å². The third kappa shape index (κ3) is 5.71. The van der Waals surface area contributed by atoms with Crippen molar-refractivity contribution in [1.29, 1.82) is 0 Å². The van der Waals surface area contributed by atoms with E-state index in [0.717, 1.165) is 44.8 Å². The molecule has 9 heteroatoms. The molecule has 2 aliphatic carbocycles. The normalized spacial score (nSPS) is 26.4. The number of hydrogen-bond acceptors (Lipinski definition) is 6. The van der Waals surface area contributed by atoms with Crippen molar-refractivity contribution in [3.05, 3.63) is 72.1 Å². The van der Waals surface area contributed by atoms with E-state index in [0.29, 0.717) is 22.6 Å². The van der Waals surface area contributed by atoms with Crippen molar-refractivity contribution in [1.82, 2.24) is 20.0 Å². The SMILES string of the molecule is CC(=O)N[C@@H]1CCC[C@H]1C1(C2CCN(CC3CN(c4ccc(S(=O)(=O)c5cnn(C)c5)cc4)C3)CC2)CCCc2ccccc21. The third-order valence-corrected chi connectivity index (χ3v) is 13.1. The summed E-state index contributed by atoms with van der Waals surface area (Å²) >= 11 is 0. The van der Waals surface area contributed by atoms with Gasteiger partial charge in [0, 0.05) is 62.9 Å². The number of likely N-dealkylation sites (tertiary alicyclic amines) is 1. The molecule has 1 aromatic heterocycles. The van der Waals surface area contributed by atoms with E-state index >= 15 is 0 Å². The number of carbonyl (C=O) groups is 1. The van der Waals surface area contributed by atoms with Crippen molar-refractivity contribution in [2.75, 3.05) is 37.6 Å². The molecule has 1 unspecified atom stereocenters. The van der Waals surface area contributed by atoms with Crippen LogP contribution in [-0.2, 0) is 33.5 Å². The molecule has 8 nitrogen and oxygen atoms in total. The second-order valence-corrected chi connectivity index (χ2v) is 16.0. The van der Waals surface area contributed by atoms with Gasteiger partial charge in [0.15, 0.2) is 0 Å². The molecule has 0 bridgehead atoms. The van der Waals surface area contributed by atoms with Gasteiger partial charge < -0.3 is 15.1 Å². The van der Waals surface area contributed by atoms with Gasteiger partial charge in [0.2, 0.25) is 15.7 Å². The van der Waals surface area contributed by atoms with Gasteiger partial charge in [-0.2, -0.15) is 5.10 Å². The predicted molar refractivity (Wildman–Crippen MR) is 176 cm³/mol. The van der Waals surface area contributed by atoms with Crippen LogP contribution in [-0.4, -0.2) is 67.8 Å². The van der Waals surface area contributed by atoms with Crippen molar-refractivity contribution in [2.24, 2.45) is 24.8 Å². The van der Waals surface area contributed by atoms with E-state index in [2.05, 4.69) is 44.5 Å². The fourth-order valence-corrected chi connectivity index (χ4v) is 10.7. The minimum atomic E-state index is -3.55. The summed E-state index contributed by atoms with van der Waals surface area (Å²) in [6.45, 7) is 7.10. The largest absolute Gasteiger partial charge is 0.371 e. The van der Waals surface area contributed by atoms with E-state index in [-0.39, 0.29) is 22.3 Å². The number of amides is 1. The molecule has 1 saturated carbocycles. The number of piperidine rings is 1. The molecular weight excluding hydrogens is 582 g/mol. The second kappa shape index (κ2) is 12.2. The smallest absolute Gasteiger partial charge is 0.217 e. The van der Waals surface area contributed by atoms with E-state index in [1.54, 1.807) is 31.7 Å². The predicted octanol–water partition coefficient (Wildman–Crippen LogP) is 4.98. The Kier molecular flexibility index (Phi) is 8.27. The summed E-state index contributed by atoms with van der Waals surface area (Å²) in [6, 6.07) is 16.8. The molecule has 2 saturated heterocycles. The first-order chi connectivity index (χ1) is 21.7. The van der Waals surface area contributed by atoms with E-state index in [1.807, 2.05) is 12.1 Å². The topological polar surface area (TPSA) is 87.5 Å². The summed E-state index contributed by atoms with van der Waals surface area (Å²) in [7, 11) is -1.83. The number of nitrogens with one attached hydrogen (secondary N) is 1. The fourth-order valence-electron chi connectivity index (χ4n) is 9.42. The first-order valence-corrected chi connectivity index (χ1v) is 18.4. The van der Waals surface area contributed by atoms with E-state index in [1.165, 1.54) is 67.6 Å². The molecule has 3 heterocycles. The lowest BCUT2D eigenvalue weighted by atomic mass is 9.53. The molecule has 1 N–H and O–H groups in total. The van der Waals surface area contributed by atoms with Crippen LogP contribution in [0.4, 0.5) is 5.69 Å². The molecule has 3 atom stereocenters. The lowest BCUT2D eigenvalue weighted by Gasteiger charge is -2.53. The maximum absolute atomic E-state index is 12.9. The van der Waals surface area contributed by atoms with E-state index < -0.39 is 9.84 Å². The maximum atomic E-state index is 12.9. The van der Waals surface area contributed by atoms with Crippen molar-refractivity contribution in [3.63, 3.8) is 0 Å². The Morgan fingerprint density at radius 1 is 0.978 bits per heavy atom. The van der Waals surface area contributed by atoms with Gasteiger partial charge in [0.05, 0.1) is 11.1 Å². The summed E-state index contributed by atoms with van der Waals surface area (Å²) in [5.41, 5.74) is 4.37. The van der Waals surface area contributed by atoms with Crippen molar-refractivity contribution < 1.29 is 13.2 Å². The highest BCUT2D eigenvalue weighted by Crippen LogP contribution is 2.55. The number of nitrogens with zero attached hydrogens (tertiary/aromatic N) is 4. The molecule has 45 heavy (non-hydrogen) atoms. The molecule has 7 rings (SSSR count). The van der Waals surface area contributed by atoms with Crippen LogP contribution in [0.2, 0.25) is 0 Å². The molecule has 2 aliphatic heterocycles. The molecule has 3 aromatic rings. The number of anilines is 1. The van der Waals surface area contributed by atoms with E-state index in [9.17, 15) is 13.2 Å². The molecule has 1 amide bonds. The van der Waals surface area contributed by atoms with Crippen LogP contribution in [0.15, 0.2) is 70.7 Å². The monoisotopic (exact) mass is 629 g/mol. The van der Waals surface area contributed by atoms with Gasteiger partial charge in [0.25, 0.3) is 0 Å². The molecule has 0 radical (unpaired) electrons. The third-order valence-electron chi connectivity index (χ3n) is 11.4. The van der Waals surface area contributed by atoms with Crippen molar-refractivity contribution >= 4 is 21.4 Å². The van der Waals surface area contributed by atoms with Crippen LogP contribution in [0.5, 0.6) is 0 Å². The average molecular weight is 630 g/mol. The van der Waals surface area contributed by atoms with Gasteiger partial charge >= 0.3 is 0 Å². The van der Waals surface area contributed by atoms with Crippen LogP contribution < -0.4 is 10.2 Å². The Hall–Kier alpha value is -3.17. The summed E-state index contributed by atoms with van der Waals surface area (Å²) in [6.07, 6.45) is 12.6. The molecule has 3 fully saturated rings. The summed E-state index contributed by atoms with van der Waals surface area (Å²) < 4.78 is 27.4. The Bertz CT molecular complexity index is 1620. The van der Waals surface area contributed by atoms with Gasteiger partial charge in [-0.3, -0.25) is 9.48 Å². The number of hydrogen-bond donors (Lipinski definition) is 1. The molecular formula is C36H47N5O3S. The summed E-state index contributed by atoms with van der Waals surface area (Å²) in [4.78, 5) is 17.8. The highest BCUT2D eigenvalue weighted by atomic mass is 32.2. The van der Waals surface area contributed by atoms with Crippen LogP contribution in [0.1, 0.15) is 63.0 Å². The number of aromatic nitrogens is 2. The zero-order chi connectivity index (χ0) is 31.2. The molecule has 2 aromatic carbocycles. The van der Waals surface area contributed by atoms with Gasteiger partial charge in [-0.15, -0.1) is 0 Å². The van der Waals surface area contributed by atoms with Gasteiger partial charge in [-0.05, 0) is 105 Å². The average Bonchev–Trinajstić information content (AvgIpc) is 3.68. The summed E-state index contributed by atoms with van der Waals surface area (Å²) in [5.74, 6) is 1.91.